The van der Waals surface area contributed by atoms with Crippen molar-refractivity contribution >= 4 is 5.97 Å². The first-order valence-electron chi connectivity index (χ1n) is 8.71. The van der Waals surface area contributed by atoms with Crippen LogP contribution in [0.5, 0.6) is 5.75 Å². The minimum atomic E-state index is -1.20. The first-order chi connectivity index (χ1) is 12.6. The molecular formula is C23H22O3. The van der Waals surface area contributed by atoms with E-state index in [-0.39, 0.29) is 0 Å². The van der Waals surface area contributed by atoms with Crippen LogP contribution in [0.25, 0.3) is 11.1 Å². The third kappa shape index (κ3) is 3.77. The number of ether oxygens (including phenoxy) is 2. The van der Waals surface area contributed by atoms with Crippen LogP contribution in [0.3, 0.4) is 0 Å². The molecule has 3 aromatic rings. The van der Waals surface area contributed by atoms with Crippen molar-refractivity contribution in [2.45, 2.75) is 19.4 Å². The second kappa shape index (κ2) is 7.87. The standard InChI is InChI=1S/C23H22O3/c1-3-25-22(24)23(2,20-12-8-5-9-13-20)26-21-16-14-19(15-17-21)18-10-6-4-7-11-18/h4-17H,3H2,1-2H3. The molecule has 0 aromatic heterocycles. The van der Waals surface area contributed by atoms with Gasteiger partial charge in [0.15, 0.2) is 0 Å². The minimum Gasteiger partial charge on any atom is -0.471 e. The van der Waals surface area contributed by atoms with E-state index >= 15 is 0 Å². The molecule has 3 nitrogen and oxygen atoms in total. The van der Waals surface area contributed by atoms with Gasteiger partial charge in [-0.2, -0.15) is 0 Å². The number of hydrogen-bond donors (Lipinski definition) is 0. The summed E-state index contributed by atoms with van der Waals surface area (Å²) in [7, 11) is 0. The van der Waals surface area contributed by atoms with Crippen molar-refractivity contribution in [3.63, 3.8) is 0 Å². The molecule has 3 rings (SSSR count). The number of esters is 1. The highest BCUT2D eigenvalue weighted by molar-refractivity contribution is 5.81. The van der Waals surface area contributed by atoms with Gasteiger partial charge in [0.05, 0.1) is 6.61 Å². The lowest BCUT2D eigenvalue weighted by Gasteiger charge is -2.29. The van der Waals surface area contributed by atoms with Crippen LogP contribution < -0.4 is 4.74 Å². The van der Waals surface area contributed by atoms with Crippen molar-refractivity contribution in [1.82, 2.24) is 0 Å². The lowest BCUT2D eigenvalue weighted by molar-refractivity contribution is -0.161. The van der Waals surface area contributed by atoms with Gasteiger partial charge in [-0.15, -0.1) is 0 Å². The van der Waals surface area contributed by atoms with Gasteiger partial charge in [-0.3, -0.25) is 0 Å². The maximum atomic E-state index is 12.6. The van der Waals surface area contributed by atoms with Gasteiger partial charge in [0.1, 0.15) is 5.75 Å². The smallest absolute Gasteiger partial charge is 0.354 e. The second-order valence-electron chi connectivity index (χ2n) is 6.11. The van der Waals surface area contributed by atoms with Crippen molar-refractivity contribution in [3.8, 4) is 16.9 Å². The van der Waals surface area contributed by atoms with Crippen molar-refractivity contribution in [2.75, 3.05) is 6.61 Å². The number of carbonyl (C=O) groups excluding carboxylic acids is 1. The fourth-order valence-corrected chi connectivity index (χ4v) is 2.83. The van der Waals surface area contributed by atoms with Crippen LogP contribution in [0, 0.1) is 0 Å². The summed E-state index contributed by atoms with van der Waals surface area (Å²) in [5, 5.41) is 0. The molecule has 0 aliphatic rings. The van der Waals surface area contributed by atoms with Gasteiger partial charge >= 0.3 is 5.97 Å². The van der Waals surface area contributed by atoms with Crippen LogP contribution in [0.15, 0.2) is 84.9 Å². The normalized spacial score (nSPS) is 12.8. The Bertz CT molecular complexity index is 842. The van der Waals surface area contributed by atoms with E-state index in [1.54, 1.807) is 13.8 Å². The van der Waals surface area contributed by atoms with Gasteiger partial charge in [-0.25, -0.2) is 4.79 Å². The van der Waals surface area contributed by atoms with Crippen LogP contribution in [-0.2, 0) is 15.1 Å². The summed E-state index contributed by atoms with van der Waals surface area (Å²) in [6.45, 7) is 3.83. The Hall–Kier alpha value is -3.07. The quantitative estimate of drug-likeness (QED) is 0.575. The van der Waals surface area contributed by atoms with E-state index in [1.165, 1.54) is 0 Å². The lowest BCUT2D eigenvalue weighted by atomic mass is 9.95. The molecule has 0 saturated heterocycles. The number of hydrogen-bond acceptors (Lipinski definition) is 3. The molecule has 1 atom stereocenters. The van der Waals surface area contributed by atoms with Crippen LogP contribution in [0.4, 0.5) is 0 Å². The Morgan fingerprint density at radius 2 is 1.35 bits per heavy atom. The molecule has 0 radical (unpaired) electrons. The molecule has 0 aliphatic heterocycles. The van der Waals surface area contributed by atoms with E-state index in [2.05, 4.69) is 12.1 Å². The monoisotopic (exact) mass is 346 g/mol. The Balaban J connectivity index is 1.89. The van der Waals surface area contributed by atoms with Crippen molar-refractivity contribution < 1.29 is 14.3 Å². The third-order valence-electron chi connectivity index (χ3n) is 4.27. The van der Waals surface area contributed by atoms with Crippen molar-refractivity contribution in [2.24, 2.45) is 0 Å². The Morgan fingerprint density at radius 3 is 1.92 bits per heavy atom. The molecule has 0 N–H and O–H groups in total. The number of benzene rings is 3. The summed E-state index contributed by atoms with van der Waals surface area (Å²) in [5.74, 6) is 0.211. The van der Waals surface area contributed by atoms with Gasteiger partial charge in [0.2, 0.25) is 5.60 Å². The maximum absolute atomic E-state index is 12.6. The van der Waals surface area contributed by atoms with Gasteiger partial charge < -0.3 is 9.47 Å². The highest BCUT2D eigenvalue weighted by Crippen LogP contribution is 2.31. The van der Waals surface area contributed by atoms with Gasteiger partial charge in [-0.1, -0.05) is 72.8 Å². The lowest BCUT2D eigenvalue weighted by Crippen LogP contribution is -2.40. The molecule has 3 heteroatoms. The zero-order valence-corrected chi connectivity index (χ0v) is 15.0. The number of rotatable bonds is 6. The fraction of sp³-hybridized carbons (Fsp3) is 0.174. The molecule has 0 aliphatic carbocycles. The Kier molecular flexibility index (Phi) is 5.37. The zero-order valence-electron chi connectivity index (χ0n) is 15.0. The molecule has 0 heterocycles. The predicted octanol–water partition coefficient (Wildman–Crippen LogP) is 5.21. The van der Waals surface area contributed by atoms with Crippen molar-refractivity contribution in [3.05, 3.63) is 90.5 Å². The van der Waals surface area contributed by atoms with Crippen molar-refractivity contribution in [1.29, 1.82) is 0 Å². The van der Waals surface area contributed by atoms with E-state index in [4.69, 9.17) is 9.47 Å². The molecule has 0 bridgehead atoms. The van der Waals surface area contributed by atoms with Gasteiger partial charge in [0.25, 0.3) is 0 Å². The zero-order chi connectivity index (χ0) is 18.4. The topological polar surface area (TPSA) is 35.5 Å². The maximum Gasteiger partial charge on any atom is 0.354 e. The molecule has 132 valence electrons. The average molecular weight is 346 g/mol. The largest absolute Gasteiger partial charge is 0.471 e. The molecule has 3 aromatic carbocycles. The van der Waals surface area contributed by atoms with E-state index in [1.807, 2.05) is 72.8 Å². The fourth-order valence-electron chi connectivity index (χ4n) is 2.83. The predicted molar refractivity (Wildman–Crippen MR) is 103 cm³/mol. The summed E-state index contributed by atoms with van der Waals surface area (Å²) in [6, 6.07) is 27.3. The molecule has 1 unspecified atom stereocenters. The number of carbonyl (C=O) groups is 1. The summed E-state index contributed by atoms with van der Waals surface area (Å²) in [5.41, 5.74) is 1.78. The molecule has 0 amide bonds. The average Bonchev–Trinajstić information content (AvgIpc) is 2.70. The van der Waals surface area contributed by atoms with Gasteiger partial charge in [-0.05, 0) is 37.1 Å². The SMILES string of the molecule is CCOC(=O)C(C)(Oc1ccc(-c2ccccc2)cc1)c1ccccc1. The summed E-state index contributed by atoms with van der Waals surface area (Å²) in [6.07, 6.45) is 0. The first kappa shape index (κ1) is 17.7. The highest BCUT2D eigenvalue weighted by atomic mass is 16.6. The van der Waals surface area contributed by atoms with E-state index in [9.17, 15) is 4.79 Å². The van der Waals surface area contributed by atoms with Crippen LogP contribution >= 0.6 is 0 Å². The summed E-state index contributed by atoms with van der Waals surface area (Å²) < 4.78 is 11.4. The molecular weight excluding hydrogens is 324 g/mol. The molecule has 26 heavy (non-hydrogen) atoms. The third-order valence-corrected chi connectivity index (χ3v) is 4.27. The Labute approximate surface area is 154 Å². The van der Waals surface area contributed by atoms with E-state index < -0.39 is 11.6 Å². The first-order valence-corrected chi connectivity index (χ1v) is 8.71. The van der Waals surface area contributed by atoms with Crippen LogP contribution in [0.2, 0.25) is 0 Å². The second-order valence-corrected chi connectivity index (χ2v) is 6.11. The molecule has 0 spiro atoms. The van der Waals surface area contributed by atoms with Crippen LogP contribution in [0.1, 0.15) is 19.4 Å². The highest BCUT2D eigenvalue weighted by Gasteiger charge is 2.39. The summed E-state index contributed by atoms with van der Waals surface area (Å²) in [4.78, 5) is 12.6. The Morgan fingerprint density at radius 1 is 0.808 bits per heavy atom. The van der Waals surface area contributed by atoms with Crippen LogP contribution in [-0.4, -0.2) is 12.6 Å². The van der Waals surface area contributed by atoms with E-state index in [0.717, 1.165) is 16.7 Å². The molecule has 0 saturated carbocycles. The summed E-state index contributed by atoms with van der Waals surface area (Å²) >= 11 is 0. The minimum absolute atomic E-state index is 0.303. The molecule has 0 fully saturated rings. The van der Waals surface area contributed by atoms with E-state index in [0.29, 0.717) is 12.4 Å². The van der Waals surface area contributed by atoms with Gasteiger partial charge in [0, 0.05) is 5.56 Å².